The van der Waals surface area contributed by atoms with Crippen molar-refractivity contribution in [2.24, 2.45) is 5.73 Å². The first-order valence-electron chi connectivity index (χ1n) is 7.88. The number of halogens is 1. The first-order chi connectivity index (χ1) is 9.61. The lowest BCUT2D eigenvalue weighted by molar-refractivity contribution is 0.107. The Morgan fingerprint density at radius 2 is 2.00 bits per heavy atom. The Hall–Kier alpha value is -0.380. The zero-order valence-electron chi connectivity index (χ0n) is 12.7. The van der Waals surface area contributed by atoms with Crippen molar-refractivity contribution in [1.82, 2.24) is 4.90 Å². The maximum atomic E-state index is 6.05. The summed E-state index contributed by atoms with van der Waals surface area (Å²) >= 11 is 3.59. The van der Waals surface area contributed by atoms with Gasteiger partial charge in [0.25, 0.3) is 0 Å². The lowest BCUT2D eigenvalue weighted by Crippen LogP contribution is -2.42. The van der Waals surface area contributed by atoms with Crippen molar-refractivity contribution < 1.29 is 0 Å². The summed E-state index contributed by atoms with van der Waals surface area (Å²) in [6.07, 6.45) is 6.06. The second kappa shape index (κ2) is 7.58. The average Bonchev–Trinajstić information content (AvgIpc) is 2.45. The topological polar surface area (TPSA) is 29.3 Å². The lowest BCUT2D eigenvalue weighted by Gasteiger charge is -2.40. The molecule has 0 bridgehead atoms. The van der Waals surface area contributed by atoms with Crippen LogP contribution in [0.15, 0.2) is 28.7 Å². The molecule has 3 heteroatoms. The molecule has 1 aliphatic carbocycles. The summed E-state index contributed by atoms with van der Waals surface area (Å²) in [6.45, 7) is 5.79. The van der Waals surface area contributed by atoms with Crippen LogP contribution < -0.4 is 5.73 Å². The minimum atomic E-state index is 0.427. The highest BCUT2D eigenvalue weighted by Gasteiger charge is 2.27. The first kappa shape index (κ1) is 16.0. The maximum Gasteiger partial charge on any atom is 0.0323 e. The van der Waals surface area contributed by atoms with Crippen molar-refractivity contribution in [2.45, 2.75) is 64.1 Å². The molecule has 0 radical (unpaired) electrons. The predicted octanol–water partition coefficient (Wildman–Crippen LogP) is 4.49. The molecule has 2 N–H and O–H groups in total. The van der Waals surface area contributed by atoms with E-state index >= 15 is 0 Å². The second-order valence-corrected chi connectivity index (χ2v) is 6.95. The lowest BCUT2D eigenvalue weighted by atomic mass is 9.89. The van der Waals surface area contributed by atoms with E-state index in [1.807, 2.05) is 0 Å². The Kier molecular flexibility index (Phi) is 6.06. The van der Waals surface area contributed by atoms with E-state index in [4.69, 9.17) is 5.73 Å². The summed E-state index contributed by atoms with van der Waals surface area (Å²) in [4.78, 5) is 2.69. The van der Waals surface area contributed by atoms with Crippen LogP contribution in [-0.4, -0.2) is 23.5 Å². The van der Waals surface area contributed by atoms with Gasteiger partial charge >= 0.3 is 0 Å². The van der Waals surface area contributed by atoms with Gasteiger partial charge in [-0.2, -0.15) is 0 Å². The number of hydrogen-bond donors (Lipinski definition) is 1. The van der Waals surface area contributed by atoms with E-state index in [1.165, 1.54) is 48.7 Å². The molecular weight excluding hydrogens is 312 g/mol. The molecule has 0 aromatic heterocycles. The molecule has 1 aromatic carbocycles. The van der Waals surface area contributed by atoms with Crippen LogP contribution in [0.2, 0.25) is 0 Å². The van der Waals surface area contributed by atoms with Crippen molar-refractivity contribution in [3.05, 3.63) is 34.3 Å². The van der Waals surface area contributed by atoms with Crippen LogP contribution in [0.3, 0.4) is 0 Å². The SMILES string of the molecule is CCCN(C1CCC(N)CC1)C(C)c1cccc(Br)c1. The molecule has 1 atom stereocenters. The van der Waals surface area contributed by atoms with E-state index in [0.29, 0.717) is 18.1 Å². The van der Waals surface area contributed by atoms with Crippen LogP contribution in [0.5, 0.6) is 0 Å². The minimum absolute atomic E-state index is 0.427. The molecule has 2 rings (SSSR count). The molecule has 1 aromatic rings. The van der Waals surface area contributed by atoms with Gasteiger partial charge in [-0.3, -0.25) is 4.90 Å². The van der Waals surface area contributed by atoms with Crippen molar-refractivity contribution in [1.29, 1.82) is 0 Å². The predicted molar refractivity (Wildman–Crippen MR) is 89.8 cm³/mol. The molecule has 0 spiro atoms. The zero-order chi connectivity index (χ0) is 14.5. The van der Waals surface area contributed by atoms with Crippen LogP contribution >= 0.6 is 15.9 Å². The smallest absolute Gasteiger partial charge is 0.0323 e. The summed E-state index contributed by atoms with van der Waals surface area (Å²) in [7, 11) is 0. The maximum absolute atomic E-state index is 6.05. The van der Waals surface area contributed by atoms with Gasteiger partial charge < -0.3 is 5.73 Å². The quantitative estimate of drug-likeness (QED) is 0.856. The first-order valence-corrected chi connectivity index (χ1v) is 8.68. The molecule has 1 saturated carbocycles. The Morgan fingerprint density at radius 3 is 2.60 bits per heavy atom. The van der Waals surface area contributed by atoms with Gasteiger partial charge in [0.2, 0.25) is 0 Å². The third-order valence-electron chi connectivity index (χ3n) is 4.52. The van der Waals surface area contributed by atoms with Crippen molar-refractivity contribution in [2.75, 3.05) is 6.54 Å². The van der Waals surface area contributed by atoms with Gasteiger partial charge in [0.05, 0.1) is 0 Å². The van der Waals surface area contributed by atoms with Crippen LogP contribution in [0.1, 0.15) is 57.6 Å². The van der Waals surface area contributed by atoms with Crippen LogP contribution in [0.4, 0.5) is 0 Å². The molecule has 1 aliphatic rings. The second-order valence-electron chi connectivity index (χ2n) is 6.04. The number of benzene rings is 1. The van der Waals surface area contributed by atoms with E-state index in [2.05, 4.69) is 58.9 Å². The van der Waals surface area contributed by atoms with Gasteiger partial charge in [0.15, 0.2) is 0 Å². The zero-order valence-corrected chi connectivity index (χ0v) is 14.3. The highest BCUT2D eigenvalue weighted by molar-refractivity contribution is 9.10. The molecule has 0 heterocycles. The standard InChI is InChI=1S/C17H27BrN2/c1-3-11-20(17-9-7-16(19)8-10-17)13(2)14-5-4-6-15(18)12-14/h4-6,12-13,16-17H,3,7-11,19H2,1-2H3. The largest absolute Gasteiger partial charge is 0.328 e. The summed E-state index contributed by atoms with van der Waals surface area (Å²) < 4.78 is 1.17. The Labute approximate surface area is 131 Å². The Bertz CT molecular complexity index is 413. The number of hydrogen-bond acceptors (Lipinski definition) is 2. The molecule has 0 aliphatic heterocycles. The fourth-order valence-corrected chi connectivity index (χ4v) is 3.76. The highest BCUT2D eigenvalue weighted by Crippen LogP contribution is 2.31. The van der Waals surface area contributed by atoms with Crippen molar-refractivity contribution >= 4 is 15.9 Å². The summed E-state index contributed by atoms with van der Waals surface area (Å²) in [5.74, 6) is 0. The van der Waals surface area contributed by atoms with E-state index in [9.17, 15) is 0 Å². The molecule has 1 unspecified atom stereocenters. The fraction of sp³-hybridized carbons (Fsp3) is 0.647. The number of rotatable bonds is 5. The molecular formula is C17H27BrN2. The normalized spacial score (nSPS) is 24.9. The molecule has 0 saturated heterocycles. The monoisotopic (exact) mass is 338 g/mol. The summed E-state index contributed by atoms with van der Waals surface area (Å²) in [5, 5.41) is 0. The van der Waals surface area contributed by atoms with Gasteiger partial charge in [-0.15, -0.1) is 0 Å². The van der Waals surface area contributed by atoms with Gasteiger partial charge in [-0.05, 0) is 63.3 Å². The average molecular weight is 339 g/mol. The van der Waals surface area contributed by atoms with Crippen molar-refractivity contribution in [3.8, 4) is 0 Å². The van der Waals surface area contributed by atoms with Gasteiger partial charge in [-0.25, -0.2) is 0 Å². The number of nitrogens with zero attached hydrogens (tertiary/aromatic N) is 1. The van der Waals surface area contributed by atoms with Gasteiger partial charge in [-0.1, -0.05) is 35.0 Å². The third-order valence-corrected chi connectivity index (χ3v) is 5.01. The molecule has 0 amide bonds. The van der Waals surface area contributed by atoms with Gasteiger partial charge in [0.1, 0.15) is 0 Å². The van der Waals surface area contributed by atoms with Crippen LogP contribution in [0.25, 0.3) is 0 Å². The molecule has 112 valence electrons. The number of nitrogens with two attached hydrogens (primary N) is 1. The van der Waals surface area contributed by atoms with E-state index < -0.39 is 0 Å². The fourth-order valence-electron chi connectivity index (χ4n) is 3.34. The van der Waals surface area contributed by atoms with Gasteiger partial charge in [0, 0.05) is 22.6 Å². The summed E-state index contributed by atoms with van der Waals surface area (Å²) in [6, 6.07) is 10.3. The van der Waals surface area contributed by atoms with Crippen LogP contribution in [0, 0.1) is 0 Å². The summed E-state index contributed by atoms with van der Waals surface area (Å²) in [5.41, 5.74) is 7.46. The van der Waals surface area contributed by atoms with Crippen molar-refractivity contribution in [3.63, 3.8) is 0 Å². The Balaban J connectivity index is 2.11. The van der Waals surface area contributed by atoms with E-state index in [0.717, 1.165) is 0 Å². The highest BCUT2D eigenvalue weighted by atomic mass is 79.9. The van der Waals surface area contributed by atoms with E-state index in [1.54, 1.807) is 0 Å². The molecule has 20 heavy (non-hydrogen) atoms. The molecule has 1 fully saturated rings. The minimum Gasteiger partial charge on any atom is -0.328 e. The Morgan fingerprint density at radius 1 is 1.30 bits per heavy atom. The molecule has 2 nitrogen and oxygen atoms in total. The van der Waals surface area contributed by atoms with E-state index in [-0.39, 0.29) is 0 Å². The third kappa shape index (κ3) is 4.06. The van der Waals surface area contributed by atoms with Crippen LogP contribution in [-0.2, 0) is 0 Å².